The Kier molecular flexibility index (Phi) is 6.36. The molecule has 0 saturated carbocycles. The highest BCUT2D eigenvalue weighted by molar-refractivity contribution is 5.70. The molecule has 0 spiro atoms. The second-order valence-electron chi connectivity index (χ2n) is 4.28. The average Bonchev–Trinajstić information content (AvgIpc) is 2.37. The van der Waals surface area contributed by atoms with Crippen LogP contribution in [0.5, 0.6) is 0 Å². The lowest BCUT2D eigenvalue weighted by atomic mass is 10.1. The molecule has 0 aliphatic rings. The molecule has 1 rings (SSSR count). The van der Waals surface area contributed by atoms with E-state index in [9.17, 15) is 4.79 Å². The van der Waals surface area contributed by atoms with Gasteiger partial charge in [-0.05, 0) is 38.1 Å². The van der Waals surface area contributed by atoms with E-state index in [0.717, 1.165) is 13.1 Å². The van der Waals surface area contributed by atoms with Gasteiger partial charge in [-0.3, -0.25) is 14.7 Å². The molecule has 1 aromatic heterocycles. The lowest BCUT2D eigenvalue weighted by molar-refractivity contribution is -0.144. The van der Waals surface area contributed by atoms with Crippen molar-refractivity contribution in [2.45, 2.75) is 39.8 Å². The van der Waals surface area contributed by atoms with Crippen molar-refractivity contribution in [1.29, 1.82) is 0 Å². The summed E-state index contributed by atoms with van der Waals surface area (Å²) in [6.45, 7) is 8.17. The second-order valence-corrected chi connectivity index (χ2v) is 4.28. The molecule has 4 heteroatoms. The molecular weight excluding hydrogens is 228 g/mol. The van der Waals surface area contributed by atoms with E-state index in [0.29, 0.717) is 13.0 Å². The van der Waals surface area contributed by atoms with Gasteiger partial charge in [0.05, 0.1) is 13.0 Å². The molecule has 1 unspecified atom stereocenters. The number of hydrogen-bond donors (Lipinski definition) is 0. The number of pyridine rings is 1. The van der Waals surface area contributed by atoms with Crippen molar-refractivity contribution >= 4 is 5.97 Å². The van der Waals surface area contributed by atoms with E-state index in [2.05, 4.69) is 23.7 Å². The SMILES string of the molecule is CCOC(=O)CC(C)N(CC)Cc1ccncc1. The predicted molar refractivity (Wildman–Crippen MR) is 71.0 cm³/mol. The minimum Gasteiger partial charge on any atom is -0.466 e. The molecule has 18 heavy (non-hydrogen) atoms. The maximum absolute atomic E-state index is 11.5. The maximum atomic E-state index is 11.5. The van der Waals surface area contributed by atoms with Gasteiger partial charge >= 0.3 is 5.97 Å². The Morgan fingerprint density at radius 3 is 2.61 bits per heavy atom. The third-order valence-corrected chi connectivity index (χ3v) is 2.93. The van der Waals surface area contributed by atoms with Crippen molar-refractivity contribution in [2.75, 3.05) is 13.2 Å². The summed E-state index contributed by atoms with van der Waals surface area (Å²) in [4.78, 5) is 17.7. The van der Waals surface area contributed by atoms with Gasteiger partial charge in [0.25, 0.3) is 0 Å². The molecule has 0 aliphatic heterocycles. The van der Waals surface area contributed by atoms with Crippen LogP contribution in [-0.4, -0.2) is 35.0 Å². The summed E-state index contributed by atoms with van der Waals surface area (Å²) in [6, 6.07) is 4.18. The lowest BCUT2D eigenvalue weighted by Crippen LogP contribution is -2.34. The monoisotopic (exact) mass is 250 g/mol. The summed E-state index contributed by atoms with van der Waals surface area (Å²) in [6.07, 6.45) is 4.02. The van der Waals surface area contributed by atoms with Crippen LogP contribution < -0.4 is 0 Å². The Bertz CT molecular complexity index is 354. The number of carbonyl (C=O) groups excluding carboxylic acids is 1. The molecule has 0 radical (unpaired) electrons. The van der Waals surface area contributed by atoms with Gasteiger partial charge < -0.3 is 4.74 Å². The highest BCUT2D eigenvalue weighted by Crippen LogP contribution is 2.10. The van der Waals surface area contributed by atoms with Crippen LogP contribution in [0.1, 0.15) is 32.8 Å². The van der Waals surface area contributed by atoms with Crippen molar-refractivity contribution in [2.24, 2.45) is 0 Å². The fraction of sp³-hybridized carbons (Fsp3) is 0.571. The molecule has 0 N–H and O–H groups in total. The Hall–Kier alpha value is -1.42. The van der Waals surface area contributed by atoms with Gasteiger partial charge in [-0.15, -0.1) is 0 Å². The molecule has 0 saturated heterocycles. The number of hydrogen-bond acceptors (Lipinski definition) is 4. The van der Waals surface area contributed by atoms with E-state index in [1.54, 1.807) is 12.4 Å². The first-order valence-corrected chi connectivity index (χ1v) is 6.45. The van der Waals surface area contributed by atoms with E-state index in [1.165, 1.54) is 5.56 Å². The molecule has 4 nitrogen and oxygen atoms in total. The van der Waals surface area contributed by atoms with Crippen molar-refractivity contribution in [3.63, 3.8) is 0 Å². The molecule has 0 bridgehead atoms. The van der Waals surface area contributed by atoms with Gasteiger partial charge in [0, 0.05) is 25.0 Å². The van der Waals surface area contributed by atoms with Gasteiger partial charge in [-0.2, -0.15) is 0 Å². The highest BCUT2D eigenvalue weighted by Gasteiger charge is 2.16. The minimum atomic E-state index is -0.127. The molecule has 100 valence electrons. The maximum Gasteiger partial charge on any atom is 0.307 e. The number of carbonyl (C=O) groups is 1. The summed E-state index contributed by atoms with van der Waals surface area (Å²) < 4.78 is 4.98. The number of aromatic nitrogens is 1. The molecule has 0 amide bonds. The predicted octanol–water partition coefficient (Wildman–Crippen LogP) is 2.25. The highest BCUT2D eigenvalue weighted by atomic mass is 16.5. The van der Waals surface area contributed by atoms with Crippen LogP contribution in [0.25, 0.3) is 0 Å². The van der Waals surface area contributed by atoms with Crippen molar-refractivity contribution in [1.82, 2.24) is 9.88 Å². The summed E-state index contributed by atoms with van der Waals surface area (Å²) in [5.74, 6) is -0.127. The van der Waals surface area contributed by atoms with E-state index < -0.39 is 0 Å². The second kappa shape index (κ2) is 7.82. The number of ether oxygens (including phenoxy) is 1. The minimum absolute atomic E-state index is 0.127. The van der Waals surface area contributed by atoms with Crippen molar-refractivity contribution < 1.29 is 9.53 Å². The van der Waals surface area contributed by atoms with Crippen LogP contribution in [0, 0.1) is 0 Å². The summed E-state index contributed by atoms with van der Waals surface area (Å²) in [5.41, 5.74) is 1.21. The first-order chi connectivity index (χ1) is 8.67. The third kappa shape index (κ3) is 4.84. The average molecular weight is 250 g/mol. The first kappa shape index (κ1) is 14.6. The zero-order chi connectivity index (χ0) is 13.4. The standard InChI is InChI=1S/C14H22N2O2/c1-4-16(11-13-6-8-15-9-7-13)12(3)10-14(17)18-5-2/h6-9,12H,4-5,10-11H2,1-3H3. The number of nitrogens with zero attached hydrogens (tertiary/aromatic N) is 2. The quantitative estimate of drug-likeness (QED) is 0.696. The van der Waals surface area contributed by atoms with Crippen LogP contribution in [0.2, 0.25) is 0 Å². The Labute approximate surface area is 109 Å². The molecule has 1 atom stereocenters. The van der Waals surface area contributed by atoms with Crippen LogP contribution in [0.3, 0.4) is 0 Å². The number of esters is 1. The van der Waals surface area contributed by atoms with Gasteiger partial charge in [-0.1, -0.05) is 6.92 Å². The normalized spacial score (nSPS) is 12.4. The van der Waals surface area contributed by atoms with E-state index in [1.807, 2.05) is 19.1 Å². The van der Waals surface area contributed by atoms with Crippen LogP contribution in [-0.2, 0) is 16.1 Å². The van der Waals surface area contributed by atoms with Gasteiger partial charge in [0.15, 0.2) is 0 Å². The summed E-state index contributed by atoms with van der Waals surface area (Å²) in [5, 5.41) is 0. The smallest absolute Gasteiger partial charge is 0.307 e. The van der Waals surface area contributed by atoms with Gasteiger partial charge in [-0.25, -0.2) is 0 Å². The topological polar surface area (TPSA) is 42.4 Å². The van der Waals surface area contributed by atoms with Crippen LogP contribution >= 0.6 is 0 Å². The zero-order valence-corrected chi connectivity index (χ0v) is 11.4. The van der Waals surface area contributed by atoms with Gasteiger partial charge in [0.1, 0.15) is 0 Å². The number of rotatable bonds is 7. The molecule has 0 aliphatic carbocycles. The van der Waals surface area contributed by atoms with Crippen LogP contribution in [0.15, 0.2) is 24.5 Å². The lowest BCUT2D eigenvalue weighted by Gasteiger charge is -2.27. The first-order valence-electron chi connectivity index (χ1n) is 6.45. The molecule has 0 aromatic carbocycles. The third-order valence-electron chi connectivity index (χ3n) is 2.93. The van der Waals surface area contributed by atoms with E-state index in [4.69, 9.17) is 4.74 Å². The summed E-state index contributed by atoms with van der Waals surface area (Å²) in [7, 11) is 0. The fourth-order valence-corrected chi connectivity index (χ4v) is 1.89. The molecule has 1 heterocycles. The molecular formula is C14H22N2O2. The fourth-order valence-electron chi connectivity index (χ4n) is 1.89. The largest absolute Gasteiger partial charge is 0.466 e. The van der Waals surface area contributed by atoms with Crippen molar-refractivity contribution in [3.05, 3.63) is 30.1 Å². The molecule has 1 aromatic rings. The van der Waals surface area contributed by atoms with E-state index in [-0.39, 0.29) is 12.0 Å². The van der Waals surface area contributed by atoms with Crippen LogP contribution in [0.4, 0.5) is 0 Å². The Morgan fingerprint density at radius 1 is 1.39 bits per heavy atom. The Morgan fingerprint density at radius 2 is 2.06 bits per heavy atom. The van der Waals surface area contributed by atoms with Gasteiger partial charge in [0.2, 0.25) is 0 Å². The zero-order valence-electron chi connectivity index (χ0n) is 11.4. The van der Waals surface area contributed by atoms with E-state index >= 15 is 0 Å². The van der Waals surface area contributed by atoms with Crippen molar-refractivity contribution in [3.8, 4) is 0 Å². The summed E-state index contributed by atoms with van der Waals surface area (Å²) >= 11 is 0. The molecule has 0 fully saturated rings. The Balaban J connectivity index is 2.52.